The Morgan fingerprint density at radius 3 is 2.41 bits per heavy atom. The van der Waals surface area contributed by atoms with Gasteiger partial charge in [0.25, 0.3) is 5.91 Å². The zero-order valence-electron chi connectivity index (χ0n) is 15.9. The number of piperazine rings is 1. The Morgan fingerprint density at radius 2 is 1.69 bits per heavy atom. The maximum Gasteiger partial charge on any atom is 0.260 e. The van der Waals surface area contributed by atoms with E-state index in [0.717, 1.165) is 17.1 Å². The van der Waals surface area contributed by atoms with Gasteiger partial charge in [-0.05, 0) is 36.4 Å². The molecule has 0 aliphatic carbocycles. The molecule has 1 saturated heterocycles. The lowest BCUT2D eigenvalue weighted by Gasteiger charge is -2.35. The van der Waals surface area contributed by atoms with E-state index in [2.05, 4.69) is 14.9 Å². The fraction of sp³-hybridized carbons (Fsp3) is 0.227. The number of para-hydroxylation sites is 1. The number of hydrogen-bond donors (Lipinski definition) is 0. The van der Waals surface area contributed by atoms with E-state index in [9.17, 15) is 9.18 Å². The molecule has 1 amide bonds. The maximum atomic E-state index is 13.1. The maximum absolute atomic E-state index is 13.1. The van der Waals surface area contributed by atoms with Gasteiger partial charge in [0.2, 0.25) is 0 Å². The topological polar surface area (TPSA) is 58.6 Å². The fourth-order valence-electron chi connectivity index (χ4n) is 3.24. The van der Waals surface area contributed by atoms with Crippen molar-refractivity contribution in [1.29, 1.82) is 0 Å². The molecule has 1 aromatic heterocycles. The van der Waals surface area contributed by atoms with Crippen LogP contribution in [0.3, 0.4) is 0 Å². The van der Waals surface area contributed by atoms with Gasteiger partial charge in [0.15, 0.2) is 6.61 Å². The Hall–Kier alpha value is -3.48. The predicted octanol–water partition coefficient (Wildman–Crippen LogP) is 3.01. The van der Waals surface area contributed by atoms with Crippen molar-refractivity contribution in [2.24, 2.45) is 0 Å². The molecule has 0 bridgehead atoms. The highest BCUT2D eigenvalue weighted by Crippen LogP contribution is 2.22. The number of halogens is 1. The standard InChI is InChI=1S/C22H21FN4O2/c23-18-8-6-17(7-9-18)20-14-21(25-16-24-20)26-10-12-27(13-11-26)22(28)15-29-19-4-2-1-3-5-19/h1-9,14,16H,10-13,15H2. The Labute approximate surface area is 168 Å². The van der Waals surface area contributed by atoms with Gasteiger partial charge in [0.05, 0.1) is 5.69 Å². The van der Waals surface area contributed by atoms with Gasteiger partial charge >= 0.3 is 0 Å². The van der Waals surface area contributed by atoms with Crippen molar-refractivity contribution in [2.75, 3.05) is 37.7 Å². The van der Waals surface area contributed by atoms with Gasteiger partial charge in [-0.3, -0.25) is 4.79 Å². The van der Waals surface area contributed by atoms with E-state index in [1.165, 1.54) is 18.5 Å². The Bertz CT molecular complexity index is 958. The molecule has 0 atom stereocenters. The second-order valence-electron chi connectivity index (χ2n) is 6.74. The lowest BCUT2D eigenvalue weighted by molar-refractivity contribution is -0.133. The molecule has 0 spiro atoms. The Morgan fingerprint density at radius 1 is 0.966 bits per heavy atom. The number of aromatic nitrogens is 2. The van der Waals surface area contributed by atoms with Crippen LogP contribution in [0.4, 0.5) is 10.2 Å². The average Bonchev–Trinajstić information content (AvgIpc) is 2.79. The van der Waals surface area contributed by atoms with Gasteiger partial charge in [0.1, 0.15) is 23.7 Å². The first kappa shape index (κ1) is 18.9. The summed E-state index contributed by atoms with van der Waals surface area (Å²) >= 11 is 0. The first-order chi connectivity index (χ1) is 14.2. The van der Waals surface area contributed by atoms with E-state index in [-0.39, 0.29) is 18.3 Å². The van der Waals surface area contributed by atoms with Crippen molar-refractivity contribution >= 4 is 11.7 Å². The first-order valence-corrected chi connectivity index (χ1v) is 9.47. The summed E-state index contributed by atoms with van der Waals surface area (Å²) in [7, 11) is 0. The summed E-state index contributed by atoms with van der Waals surface area (Å²) in [5.41, 5.74) is 1.58. The number of carbonyl (C=O) groups is 1. The number of carbonyl (C=O) groups excluding carboxylic acids is 1. The third-order valence-corrected chi connectivity index (χ3v) is 4.85. The molecule has 1 aliphatic rings. The minimum absolute atomic E-state index is 0.0248. The highest BCUT2D eigenvalue weighted by atomic mass is 19.1. The van der Waals surface area contributed by atoms with Crippen LogP contribution >= 0.6 is 0 Å². The van der Waals surface area contributed by atoms with Crippen LogP contribution in [0.25, 0.3) is 11.3 Å². The van der Waals surface area contributed by atoms with Crippen molar-refractivity contribution in [3.8, 4) is 17.0 Å². The van der Waals surface area contributed by atoms with E-state index < -0.39 is 0 Å². The molecule has 7 heteroatoms. The number of rotatable bonds is 5. The van der Waals surface area contributed by atoms with Crippen LogP contribution in [-0.4, -0.2) is 53.6 Å². The van der Waals surface area contributed by atoms with Crippen LogP contribution in [0.1, 0.15) is 0 Å². The molecular formula is C22H21FN4O2. The molecular weight excluding hydrogens is 371 g/mol. The molecule has 6 nitrogen and oxygen atoms in total. The molecule has 1 fully saturated rings. The first-order valence-electron chi connectivity index (χ1n) is 9.47. The van der Waals surface area contributed by atoms with Crippen molar-refractivity contribution in [3.63, 3.8) is 0 Å². The minimum atomic E-state index is -0.278. The lowest BCUT2D eigenvalue weighted by Crippen LogP contribution is -2.50. The van der Waals surface area contributed by atoms with E-state index >= 15 is 0 Å². The number of amides is 1. The molecule has 0 saturated carbocycles. The van der Waals surface area contributed by atoms with Gasteiger partial charge in [-0.1, -0.05) is 18.2 Å². The van der Waals surface area contributed by atoms with Crippen LogP contribution in [0, 0.1) is 5.82 Å². The normalized spacial score (nSPS) is 14.0. The quantitative estimate of drug-likeness (QED) is 0.668. The molecule has 148 valence electrons. The lowest BCUT2D eigenvalue weighted by atomic mass is 10.1. The summed E-state index contributed by atoms with van der Waals surface area (Å²) in [6.45, 7) is 2.60. The number of benzene rings is 2. The predicted molar refractivity (Wildman–Crippen MR) is 108 cm³/mol. The monoisotopic (exact) mass is 392 g/mol. The summed E-state index contributed by atoms with van der Waals surface area (Å²) in [5, 5.41) is 0. The van der Waals surface area contributed by atoms with Crippen LogP contribution in [-0.2, 0) is 4.79 Å². The molecule has 2 aromatic carbocycles. The molecule has 29 heavy (non-hydrogen) atoms. The third kappa shape index (κ3) is 4.68. The van der Waals surface area contributed by atoms with E-state index in [1.807, 2.05) is 41.3 Å². The minimum Gasteiger partial charge on any atom is -0.484 e. The molecule has 0 N–H and O–H groups in total. The molecule has 3 aromatic rings. The summed E-state index contributed by atoms with van der Waals surface area (Å²) in [6.07, 6.45) is 1.51. The van der Waals surface area contributed by atoms with E-state index in [0.29, 0.717) is 31.9 Å². The van der Waals surface area contributed by atoms with E-state index in [4.69, 9.17) is 4.74 Å². The van der Waals surface area contributed by atoms with Crippen molar-refractivity contribution < 1.29 is 13.9 Å². The molecule has 2 heterocycles. The highest BCUT2D eigenvalue weighted by Gasteiger charge is 2.22. The van der Waals surface area contributed by atoms with Crippen molar-refractivity contribution in [1.82, 2.24) is 14.9 Å². The zero-order chi connectivity index (χ0) is 20.1. The second-order valence-corrected chi connectivity index (χ2v) is 6.74. The highest BCUT2D eigenvalue weighted by molar-refractivity contribution is 5.78. The van der Waals surface area contributed by atoms with Gasteiger partial charge < -0.3 is 14.5 Å². The number of anilines is 1. The second kappa shape index (κ2) is 8.68. The van der Waals surface area contributed by atoms with Crippen LogP contribution < -0.4 is 9.64 Å². The summed E-state index contributed by atoms with van der Waals surface area (Å²) in [5.74, 6) is 1.18. The van der Waals surface area contributed by atoms with Crippen molar-refractivity contribution in [2.45, 2.75) is 0 Å². The van der Waals surface area contributed by atoms with Gasteiger partial charge in [-0.15, -0.1) is 0 Å². The Balaban J connectivity index is 1.34. The molecule has 0 radical (unpaired) electrons. The average molecular weight is 392 g/mol. The van der Waals surface area contributed by atoms with Gasteiger partial charge in [-0.2, -0.15) is 0 Å². The third-order valence-electron chi connectivity index (χ3n) is 4.85. The number of hydrogen-bond acceptors (Lipinski definition) is 5. The van der Waals surface area contributed by atoms with Gasteiger partial charge in [0, 0.05) is 37.8 Å². The van der Waals surface area contributed by atoms with Crippen LogP contribution in [0.2, 0.25) is 0 Å². The fourth-order valence-corrected chi connectivity index (χ4v) is 3.24. The van der Waals surface area contributed by atoms with Gasteiger partial charge in [-0.25, -0.2) is 14.4 Å². The van der Waals surface area contributed by atoms with Crippen molar-refractivity contribution in [3.05, 3.63) is 72.8 Å². The Kier molecular flexibility index (Phi) is 5.65. The summed E-state index contributed by atoms with van der Waals surface area (Å²) < 4.78 is 18.7. The summed E-state index contributed by atoms with van der Waals surface area (Å²) in [6, 6.07) is 17.4. The SMILES string of the molecule is O=C(COc1ccccc1)N1CCN(c2cc(-c3ccc(F)cc3)ncn2)CC1. The number of nitrogens with zero attached hydrogens (tertiary/aromatic N) is 4. The van der Waals surface area contributed by atoms with E-state index in [1.54, 1.807) is 12.1 Å². The zero-order valence-corrected chi connectivity index (χ0v) is 15.9. The summed E-state index contributed by atoms with van der Waals surface area (Å²) in [4.78, 5) is 25.0. The van der Waals surface area contributed by atoms with Crippen LogP contribution in [0.5, 0.6) is 5.75 Å². The molecule has 4 rings (SSSR count). The largest absolute Gasteiger partial charge is 0.484 e. The molecule has 0 unspecified atom stereocenters. The molecule has 1 aliphatic heterocycles. The van der Waals surface area contributed by atoms with Crippen LogP contribution in [0.15, 0.2) is 67.0 Å². The smallest absolute Gasteiger partial charge is 0.260 e. The number of ether oxygens (including phenoxy) is 1.